The molecule has 0 unspecified atom stereocenters. The highest BCUT2D eigenvalue weighted by Crippen LogP contribution is 2.05. The van der Waals surface area contributed by atoms with Crippen LogP contribution in [0, 0.1) is 0 Å². The summed E-state index contributed by atoms with van der Waals surface area (Å²) in [5, 5.41) is 12.9. The fraction of sp³-hybridized carbons (Fsp3) is 0.571. The van der Waals surface area contributed by atoms with E-state index >= 15 is 0 Å². The van der Waals surface area contributed by atoms with Crippen molar-refractivity contribution < 1.29 is 5.11 Å². The Bertz CT molecular complexity index is 208. The van der Waals surface area contributed by atoms with Crippen LogP contribution in [0.1, 0.15) is 6.92 Å². The van der Waals surface area contributed by atoms with Crippen LogP contribution in [-0.4, -0.2) is 41.6 Å². The molecule has 62 valence electrons. The Balaban J connectivity index is 2.69. The van der Waals surface area contributed by atoms with E-state index in [1.807, 2.05) is 24.1 Å². The van der Waals surface area contributed by atoms with Crippen LogP contribution in [0.3, 0.4) is 0 Å². The first kappa shape index (κ1) is 8.07. The number of nitrogens with zero attached hydrogens (tertiary/aromatic N) is 3. The Morgan fingerprint density at radius 1 is 1.64 bits per heavy atom. The van der Waals surface area contributed by atoms with Gasteiger partial charge in [-0.3, -0.25) is 10.0 Å². The van der Waals surface area contributed by atoms with Crippen molar-refractivity contribution in [1.29, 1.82) is 0 Å². The van der Waals surface area contributed by atoms with Gasteiger partial charge >= 0.3 is 0 Å². The lowest BCUT2D eigenvalue weighted by atomic mass is 10.3. The van der Waals surface area contributed by atoms with Gasteiger partial charge in [0.15, 0.2) is 5.76 Å². The summed E-state index contributed by atoms with van der Waals surface area (Å²) in [5.41, 5.74) is 0.697. The number of hydrogen-bond acceptors (Lipinski definition) is 4. The first-order chi connectivity index (χ1) is 5.11. The van der Waals surface area contributed by atoms with Gasteiger partial charge in [0.2, 0.25) is 0 Å². The van der Waals surface area contributed by atoms with Crippen LogP contribution in [0.4, 0.5) is 0 Å². The molecule has 1 heterocycles. The molecule has 11 heavy (non-hydrogen) atoms. The number of rotatable bonds is 1. The number of aliphatic hydroxyl groups excluding tert-OH is 1. The summed E-state index contributed by atoms with van der Waals surface area (Å²) < 4.78 is 0. The average Bonchev–Trinajstić information content (AvgIpc) is 1.94. The van der Waals surface area contributed by atoms with E-state index in [1.54, 1.807) is 13.1 Å². The van der Waals surface area contributed by atoms with E-state index < -0.39 is 0 Å². The molecule has 4 heteroatoms. The normalized spacial score (nSPS) is 18.4. The molecule has 1 N–H and O–H groups in total. The predicted molar refractivity (Wildman–Crippen MR) is 44.2 cm³/mol. The van der Waals surface area contributed by atoms with E-state index in [2.05, 4.69) is 4.99 Å². The van der Waals surface area contributed by atoms with E-state index in [0.717, 1.165) is 0 Å². The van der Waals surface area contributed by atoms with E-state index in [-0.39, 0.29) is 5.76 Å². The van der Waals surface area contributed by atoms with Crippen LogP contribution < -0.4 is 0 Å². The summed E-state index contributed by atoms with van der Waals surface area (Å²) in [6.07, 6.45) is 1.67. The molecular formula is C7H13N3O. The minimum Gasteiger partial charge on any atom is -0.505 e. The zero-order valence-corrected chi connectivity index (χ0v) is 7.07. The smallest absolute Gasteiger partial charge is 0.153 e. The summed E-state index contributed by atoms with van der Waals surface area (Å²) >= 11 is 0. The third-order valence-electron chi connectivity index (χ3n) is 1.61. The monoisotopic (exact) mass is 155 g/mol. The molecule has 0 atom stereocenters. The van der Waals surface area contributed by atoms with Gasteiger partial charge in [-0.05, 0) is 6.92 Å². The molecule has 0 bridgehead atoms. The molecule has 4 nitrogen and oxygen atoms in total. The fourth-order valence-electron chi connectivity index (χ4n) is 0.777. The zero-order chi connectivity index (χ0) is 8.43. The SMILES string of the molecule is CC1=NCN(N(C)C)C=C1O. The topological polar surface area (TPSA) is 39.1 Å². The maximum atomic E-state index is 9.26. The van der Waals surface area contributed by atoms with Crippen LogP contribution in [0.25, 0.3) is 0 Å². The van der Waals surface area contributed by atoms with Crippen molar-refractivity contribution in [3.63, 3.8) is 0 Å². The van der Waals surface area contributed by atoms with Crippen molar-refractivity contribution in [3.8, 4) is 0 Å². The van der Waals surface area contributed by atoms with Gasteiger partial charge in [0.05, 0.1) is 11.9 Å². The van der Waals surface area contributed by atoms with Gasteiger partial charge in [-0.25, -0.2) is 5.01 Å². The molecule has 0 aromatic carbocycles. The van der Waals surface area contributed by atoms with Crippen LogP contribution in [0.15, 0.2) is 17.0 Å². The van der Waals surface area contributed by atoms with Gasteiger partial charge in [0.1, 0.15) is 6.67 Å². The Morgan fingerprint density at radius 2 is 2.27 bits per heavy atom. The summed E-state index contributed by atoms with van der Waals surface area (Å²) in [7, 11) is 3.81. The Kier molecular flexibility index (Phi) is 2.14. The van der Waals surface area contributed by atoms with Crippen LogP contribution in [0.5, 0.6) is 0 Å². The Hall–Kier alpha value is -1.03. The van der Waals surface area contributed by atoms with Gasteiger partial charge < -0.3 is 5.11 Å². The van der Waals surface area contributed by atoms with E-state index in [1.165, 1.54) is 0 Å². The maximum Gasteiger partial charge on any atom is 0.153 e. The van der Waals surface area contributed by atoms with Gasteiger partial charge in [-0.1, -0.05) is 0 Å². The maximum absolute atomic E-state index is 9.26. The third-order valence-corrected chi connectivity index (χ3v) is 1.61. The third kappa shape index (κ3) is 1.71. The molecule has 0 aliphatic carbocycles. The molecule has 0 amide bonds. The van der Waals surface area contributed by atoms with Crippen molar-refractivity contribution in [1.82, 2.24) is 10.0 Å². The van der Waals surface area contributed by atoms with Crippen molar-refractivity contribution in [2.75, 3.05) is 20.8 Å². The zero-order valence-electron chi connectivity index (χ0n) is 7.07. The van der Waals surface area contributed by atoms with E-state index in [9.17, 15) is 5.11 Å². The van der Waals surface area contributed by atoms with Gasteiger partial charge in [-0.15, -0.1) is 0 Å². The van der Waals surface area contributed by atoms with Gasteiger partial charge in [-0.2, -0.15) is 0 Å². The number of aliphatic imine (C=N–C) groups is 1. The number of hydrogen-bond donors (Lipinski definition) is 1. The standard InChI is InChI=1S/C7H13N3O/c1-6-7(11)4-10(5-8-6)9(2)3/h4,11H,5H2,1-3H3. The van der Waals surface area contributed by atoms with Gasteiger partial charge in [0.25, 0.3) is 0 Å². The molecular weight excluding hydrogens is 142 g/mol. The molecule has 0 radical (unpaired) electrons. The molecule has 0 saturated carbocycles. The number of allylic oxidation sites excluding steroid dienone is 1. The quantitative estimate of drug-likeness (QED) is 0.602. The second kappa shape index (κ2) is 2.92. The van der Waals surface area contributed by atoms with Crippen LogP contribution in [-0.2, 0) is 0 Å². The highest BCUT2D eigenvalue weighted by atomic mass is 16.3. The minimum absolute atomic E-state index is 0.241. The second-order valence-electron chi connectivity index (χ2n) is 2.69. The molecule has 1 rings (SSSR count). The highest BCUT2D eigenvalue weighted by molar-refractivity contribution is 5.96. The molecule has 0 spiro atoms. The van der Waals surface area contributed by atoms with Crippen LogP contribution >= 0.6 is 0 Å². The first-order valence-corrected chi connectivity index (χ1v) is 3.47. The molecule has 0 saturated heterocycles. The lowest BCUT2D eigenvalue weighted by Gasteiger charge is -2.28. The fourth-order valence-corrected chi connectivity index (χ4v) is 0.777. The summed E-state index contributed by atoms with van der Waals surface area (Å²) in [5.74, 6) is 0.241. The van der Waals surface area contributed by atoms with E-state index in [0.29, 0.717) is 12.4 Å². The van der Waals surface area contributed by atoms with Crippen molar-refractivity contribution in [2.45, 2.75) is 6.92 Å². The van der Waals surface area contributed by atoms with E-state index in [4.69, 9.17) is 0 Å². The Morgan fingerprint density at radius 3 is 2.73 bits per heavy atom. The molecule has 0 fully saturated rings. The van der Waals surface area contributed by atoms with Crippen molar-refractivity contribution >= 4 is 5.71 Å². The van der Waals surface area contributed by atoms with Gasteiger partial charge in [0, 0.05) is 14.1 Å². The number of aliphatic hydroxyl groups is 1. The van der Waals surface area contributed by atoms with Crippen LogP contribution in [0.2, 0.25) is 0 Å². The van der Waals surface area contributed by atoms with Crippen molar-refractivity contribution in [3.05, 3.63) is 12.0 Å². The predicted octanol–water partition coefficient (Wildman–Crippen LogP) is 0.596. The second-order valence-corrected chi connectivity index (χ2v) is 2.69. The lowest BCUT2D eigenvalue weighted by molar-refractivity contribution is 0.0796. The lowest BCUT2D eigenvalue weighted by Crippen LogP contribution is -2.35. The molecule has 1 aliphatic rings. The molecule has 0 aromatic rings. The Labute approximate surface area is 66.4 Å². The molecule has 1 aliphatic heterocycles. The molecule has 0 aromatic heterocycles. The van der Waals surface area contributed by atoms with Crippen molar-refractivity contribution in [2.24, 2.45) is 4.99 Å². The average molecular weight is 155 g/mol. The largest absolute Gasteiger partial charge is 0.505 e. The summed E-state index contributed by atoms with van der Waals surface area (Å²) in [6.45, 7) is 2.38. The first-order valence-electron chi connectivity index (χ1n) is 3.47. The highest BCUT2D eigenvalue weighted by Gasteiger charge is 2.10. The summed E-state index contributed by atoms with van der Waals surface area (Å²) in [4.78, 5) is 4.10. The minimum atomic E-state index is 0.241. The number of hydrazine groups is 1. The summed E-state index contributed by atoms with van der Waals surface area (Å²) in [6, 6.07) is 0.